The van der Waals surface area contributed by atoms with Crippen molar-refractivity contribution in [2.75, 3.05) is 0 Å². The summed E-state index contributed by atoms with van der Waals surface area (Å²) in [5.74, 6) is 0. The zero-order valence-electron chi connectivity index (χ0n) is 22.0. The Morgan fingerprint density at radius 3 is 1.48 bits per heavy atom. The molecule has 0 spiro atoms. The lowest BCUT2D eigenvalue weighted by atomic mass is 9.93. The van der Waals surface area contributed by atoms with Crippen molar-refractivity contribution in [2.45, 2.75) is 0 Å². The Bertz CT molecular complexity index is 2210. The normalized spacial score (nSPS) is 11.5. The SMILES string of the molecule is c1cc(-c2ccc3c(ccc4cc(-c5ccc6ccccc6c5)ccc43)c2)cc(-c2cccc3ccccc23)c1. The van der Waals surface area contributed by atoms with E-state index in [2.05, 4.69) is 158 Å². The standard InChI is InChI=1S/C40H26/c1-2-9-29-23-31(16-15-27(29)7-1)33-20-22-40-36(26-33)18-17-35-25-32(19-21-39(35)40)30-11-5-12-34(24-30)38-14-6-10-28-8-3-4-13-37(28)38/h1-26H. The molecule has 40 heavy (non-hydrogen) atoms. The summed E-state index contributed by atoms with van der Waals surface area (Å²) in [6.45, 7) is 0. The summed E-state index contributed by atoms with van der Waals surface area (Å²) < 4.78 is 0. The van der Waals surface area contributed by atoms with Gasteiger partial charge in [-0.05, 0) is 101 Å². The van der Waals surface area contributed by atoms with Crippen LogP contribution in [0.1, 0.15) is 0 Å². The second-order valence-electron chi connectivity index (χ2n) is 10.6. The molecule has 0 unspecified atom stereocenters. The Kier molecular flexibility index (Phi) is 5.24. The number of rotatable bonds is 3. The van der Waals surface area contributed by atoms with E-state index in [1.165, 1.54) is 76.5 Å². The van der Waals surface area contributed by atoms with Crippen LogP contribution in [0, 0.1) is 0 Å². The van der Waals surface area contributed by atoms with Crippen LogP contribution in [0.2, 0.25) is 0 Å². The summed E-state index contributed by atoms with van der Waals surface area (Å²) in [7, 11) is 0. The van der Waals surface area contributed by atoms with Crippen LogP contribution in [0.4, 0.5) is 0 Å². The summed E-state index contributed by atoms with van der Waals surface area (Å²) >= 11 is 0. The molecular weight excluding hydrogens is 480 g/mol. The van der Waals surface area contributed by atoms with Crippen LogP contribution in [0.25, 0.3) is 76.5 Å². The van der Waals surface area contributed by atoms with Crippen molar-refractivity contribution in [3.8, 4) is 33.4 Å². The van der Waals surface area contributed by atoms with E-state index in [0.29, 0.717) is 0 Å². The maximum atomic E-state index is 2.33. The largest absolute Gasteiger partial charge is 0.0616 e. The quantitative estimate of drug-likeness (QED) is 0.209. The third kappa shape index (κ3) is 3.85. The molecule has 0 heteroatoms. The van der Waals surface area contributed by atoms with Gasteiger partial charge >= 0.3 is 0 Å². The van der Waals surface area contributed by atoms with Gasteiger partial charge in [-0.15, -0.1) is 0 Å². The Labute approximate surface area is 233 Å². The highest BCUT2D eigenvalue weighted by Crippen LogP contribution is 2.35. The van der Waals surface area contributed by atoms with E-state index in [-0.39, 0.29) is 0 Å². The lowest BCUT2D eigenvalue weighted by molar-refractivity contribution is 1.62. The molecule has 0 aliphatic heterocycles. The van der Waals surface area contributed by atoms with Crippen LogP contribution < -0.4 is 0 Å². The van der Waals surface area contributed by atoms with Gasteiger partial charge in [0.15, 0.2) is 0 Å². The highest BCUT2D eigenvalue weighted by Gasteiger charge is 2.09. The lowest BCUT2D eigenvalue weighted by Crippen LogP contribution is -1.85. The first-order valence-electron chi connectivity index (χ1n) is 13.8. The molecule has 0 saturated carbocycles. The molecule has 0 amide bonds. The van der Waals surface area contributed by atoms with Crippen LogP contribution in [0.3, 0.4) is 0 Å². The highest BCUT2D eigenvalue weighted by atomic mass is 14.1. The molecular formula is C40H26. The summed E-state index contributed by atoms with van der Waals surface area (Å²) in [6.07, 6.45) is 0. The zero-order chi connectivity index (χ0) is 26.5. The second kappa shape index (κ2) is 9.22. The van der Waals surface area contributed by atoms with Gasteiger partial charge in [0.1, 0.15) is 0 Å². The minimum Gasteiger partial charge on any atom is -0.0616 e. The van der Waals surface area contributed by atoms with Crippen molar-refractivity contribution in [3.63, 3.8) is 0 Å². The van der Waals surface area contributed by atoms with Gasteiger partial charge in [0.25, 0.3) is 0 Å². The minimum absolute atomic E-state index is 1.24. The maximum absolute atomic E-state index is 2.33. The Balaban J connectivity index is 1.18. The summed E-state index contributed by atoms with van der Waals surface area (Å²) in [5.41, 5.74) is 7.49. The van der Waals surface area contributed by atoms with E-state index in [1.807, 2.05) is 0 Å². The van der Waals surface area contributed by atoms with E-state index >= 15 is 0 Å². The van der Waals surface area contributed by atoms with Gasteiger partial charge in [0, 0.05) is 0 Å². The van der Waals surface area contributed by atoms with Crippen molar-refractivity contribution in [3.05, 3.63) is 158 Å². The summed E-state index contributed by atoms with van der Waals surface area (Å²) in [5, 5.41) is 10.2. The maximum Gasteiger partial charge on any atom is -0.0105 e. The zero-order valence-corrected chi connectivity index (χ0v) is 22.0. The first-order chi connectivity index (χ1) is 19.8. The molecule has 0 bridgehead atoms. The molecule has 0 aliphatic rings. The molecule has 8 rings (SSSR count). The Morgan fingerprint density at radius 2 is 0.725 bits per heavy atom. The second-order valence-corrected chi connectivity index (χ2v) is 10.6. The molecule has 8 aromatic carbocycles. The van der Waals surface area contributed by atoms with Crippen molar-refractivity contribution < 1.29 is 0 Å². The van der Waals surface area contributed by atoms with E-state index in [0.717, 1.165) is 0 Å². The minimum atomic E-state index is 1.24. The van der Waals surface area contributed by atoms with Gasteiger partial charge in [-0.2, -0.15) is 0 Å². The molecule has 0 aliphatic carbocycles. The summed E-state index contributed by atoms with van der Waals surface area (Å²) in [6, 6.07) is 57.6. The predicted octanol–water partition coefficient (Wildman–Crippen LogP) is 11.3. The van der Waals surface area contributed by atoms with E-state index < -0.39 is 0 Å². The van der Waals surface area contributed by atoms with Crippen LogP contribution in [0.5, 0.6) is 0 Å². The van der Waals surface area contributed by atoms with Crippen LogP contribution in [-0.4, -0.2) is 0 Å². The average molecular weight is 507 g/mol. The van der Waals surface area contributed by atoms with Gasteiger partial charge in [-0.1, -0.05) is 133 Å². The number of fused-ring (bicyclic) bond motifs is 5. The third-order valence-corrected chi connectivity index (χ3v) is 8.22. The monoisotopic (exact) mass is 506 g/mol. The fourth-order valence-corrected chi connectivity index (χ4v) is 6.14. The fourth-order valence-electron chi connectivity index (χ4n) is 6.14. The molecule has 0 heterocycles. The first-order valence-corrected chi connectivity index (χ1v) is 13.8. The van der Waals surface area contributed by atoms with Crippen molar-refractivity contribution >= 4 is 43.1 Å². The molecule has 0 N–H and O–H groups in total. The van der Waals surface area contributed by atoms with Gasteiger partial charge in [-0.3, -0.25) is 0 Å². The Hall–Kier alpha value is -5.20. The van der Waals surface area contributed by atoms with Gasteiger partial charge in [0.05, 0.1) is 0 Å². The molecule has 0 atom stereocenters. The van der Waals surface area contributed by atoms with E-state index in [4.69, 9.17) is 0 Å². The number of benzene rings is 8. The van der Waals surface area contributed by atoms with Crippen LogP contribution in [-0.2, 0) is 0 Å². The van der Waals surface area contributed by atoms with E-state index in [1.54, 1.807) is 0 Å². The van der Waals surface area contributed by atoms with Gasteiger partial charge in [0.2, 0.25) is 0 Å². The Morgan fingerprint density at radius 1 is 0.225 bits per heavy atom. The molecule has 0 aromatic heterocycles. The topological polar surface area (TPSA) is 0 Å². The van der Waals surface area contributed by atoms with Crippen LogP contribution in [0.15, 0.2) is 158 Å². The molecule has 0 nitrogen and oxygen atoms in total. The van der Waals surface area contributed by atoms with Crippen molar-refractivity contribution in [1.29, 1.82) is 0 Å². The summed E-state index contributed by atoms with van der Waals surface area (Å²) in [4.78, 5) is 0. The fraction of sp³-hybridized carbons (Fsp3) is 0. The third-order valence-electron chi connectivity index (χ3n) is 8.22. The molecule has 0 fully saturated rings. The highest BCUT2D eigenvalue weighted by molar-refractivity contribution is 6.09. The van der Waals surface area contributed by atoms with Crippen LogP contribution >= 0.6 is 0 Å². The average Bonchev–Trinajstić information content (AvgIpc) is 3.03. The number of hydrogen-bond acceptors (Lipinski definition) is 0. The van der Waals surface area contributed by atoms with Gasteiger partial charge < -0.3 is 0 Å². The van der Waals surface area contributed by atoms with Crippen molar-refractivity contribution in [2.24, 2.45) is 0 Å². The lowest BCUT2D eigenvalue weighted by Gasteiger charge is -2.11. The number of hydrogen-bond donors (Lipinski definition) is 0. The predicted molar refractivity (Wildman–Crippen MR) is 173 cm³/mol. The van der Waals surface area contributed by atoms with E-state index in [9.17, 15) is 0 Å². The molecule has 186 valence electrons. The van der Waals surface area contributed by atoms with Crippen molar-refractivity contribution in [1.82, 2.24) is 0 Å². The molecule has 0 radical (unpaired) electrons. The van der Waals surface area contributed by atoms with Gasteiger partial charge in [-0.25, -0.2) is 0 Å². The molecule has 8 aromatic rings. The molecule has 0 saturated heterocycles. The smallest absolute Gasteiger partial charge is 0.0105 e. The first kappa shape index (κ1) is 22.8.